The van der Waals surface area contributed by atoms with Crippen LogP contribution in [0.5, 0.6) is 0 Å². The van der Waals surface area contributed by atoms with E-state index in [1.165, 1.54) is 0 Å². The van der Waals surface area contributed by atoms with Crippen molar-refractivity contribution >= 4 is 11.8 Å². The molecule has 0 radical (unpaired) electrons. The first-order valence-electron chi connectivity index (χ1n) is 10.5. The summed E-state index contributed by atoms with van der Waals surface area (Å²) in [5.41, 5.74) is 0. The molecule has 10 nitrogen and oxygen atoms in total. The molecular weight excluding hydrogens is 372 g/mol. The van der Waals surface area contributed by atoms with Gasteiger partial charge in [0.2, 0.25) is 11.8 Å². The van der Waals surface area contributed by atoms with Gasteiger partial charge in [0.15, 0.2) is 0 Å². The Bertz CT molecular complexity index is 915. The number of likely N-dealkylation sites (tertiary alicyclic amines) is 1. The van der Waals surface area contributed by atoms with Crippen LogP contribution in [0.15, 0.2) is 12.7 Å². The molecule has 5 rings (SSSR count). The lowest BCUT2D eigenvalue weighted by Crippen LogP contribution is -2.64. The van der Waals surface area contributed by atoms with E-state index >= 15 is 0 Å². The van der Waals surface area contributed by atoms with Crippen molar-refractivity contribution in [3.8, 4) is 0 Å². The van der Waals surface area contributed by atoms with E-state index in [2.05, 4.69) is 20.4 Å². The van der Waals surface area contributed by atoms with Crippen molar-refractivity contribution in [1.29, 1.82) is 0 Å². The van der Waals surface area contributed by atoms with Crippen LogP contribution in [0, 0.1) is 11.8 Å². The molecule has 3 aliphatic rings. The fraction of sp³-hybridized carbons (Fsp3) is 0.684. The highest BCUT2D eigenvalue weighted by atomic mass is 16.2. The SMILES string of the molecule is CCN(C(=O)C1CCc2nncn2C1)C1CN(C(=O)C2CCc3nncn3C2)C1. The minimum atomic E-state index is -0.0336. The van der Waals surface area contributed by atoms with Crippen LogP contribution in [0.25, 0.3) is 0 Å². The summed E-state index contributed by atoms with van der Waals surface area (Å²) in [7, 11) is 0. The first kappa shape index (κ1) is 18.3. The topological polar surface area (TPSA) is 102 Å². The van der Waals surface area contributed by atoms with Crippen molar-refractivity contribution in [3.05, 3.63) is 24.3 Å². The van der Waals surface area contributed by atoms with Gasteiger partial charge in [-0.15, -0.1) is 20.4 Å². The van der Waals surface area contributed by atoms with Gasteiger partial charge in [-0.2, -0.15) is 0 Å². The number of aromatic nitrogens is 6. The van der Waals surface area contributed by atoms with Crippen LogP contribution >= 0.6 is 0 Å². The fourth-order valence-corrected chi connectivity index (χ4v) is 4.84. The lowest BCUT2D eigenvalue weighted by Gasteiger charge is -2.47. The highest BCUT2D eigenvalue weighted by Crippen LogP contribution is 2.27. The number of nitrogens with zero attached hydrogens (tertiary/aromatic N) is 8. The van der Waals surface area contributed by atoms with Gasteiger partial charge in [0.1, 0.15) is 24.3 Å². The van der Waals surface area contributed by atoms with E-state index in [0.29, 0.717) is 32.7 Å². The van der Waals surface area contributed by atoms with E-state index < -0.39 is 0 Å². The van der Waals surface area contributed by atoms with Gasteiger partial charge in [-0.05, 0) is 19.8 Å². The monoisotopic (exact) mass is 398 g/mol. The van der Waals surface area contributed by atoms with E-state index in [1.54, 1.807) is 12.7 Å². The molecule has 154 valence electrons. The standard InChI is InChI=1S/C19H26N8O2/c1-2-27(19(29)14-4-6-17-23-21-12-26(17)8-14)15-9-24(10-15)18(28)13-3-5-16-22-20-11-25(16)7-13/h11-15H,2-10H2,1H3. The highest BCUT2D eigenvalue weighted by molar-refractivity contribution is 5.82. The summed E-state index contributed by atoms with van der Waals surface area (Å²) < 4.78 is 3.96. The second-order valence-corrected chi connectivity index (χ2v) is 8.29. The van der Waals surface area contributed by atoms with Gasteiger partial charge < -0.3 is 18.9 Å². The fourth-order valence-electron chi connectivity index (χ4n) is 4.84. The number of carbonyl (C=O) groups is 2. The number of fused-ring (bicyclic) bond motifs is 2. The minimum Gasteiger partial charge on any atom is -0.338 e. The molecule has 0 aliphatic carbocycles. The molecule has 2 atom stereocenters. The normalized spacial score (nSPS) is 23.8. The predicted molar refractivity (Wildman–Crippen MR) is 101 cm³/mol. The van der Waals surface area contributed by atoms with Crippen molar-refractivity contribution in [2.75, 3.05) is 19.6 Å². The van der Waals surface area contributed by atoms with Crippen LogP contribution in [-0.4, -0.2) is 76.8 Å². The van der Waals surface area contributed by atoms with Crippen LogP contribution in [0.2, 0.25) is 0 Å². The second-order valence-electron chi connectivity index (χ2n) is 8.29. The first-order valence-corrected chi connectivity index (χ1v) is 10.5. The highest BCUT2D eigenvalue weighted by Gasteiger charge is 2.41. The Kier molecular flexibility index (Phi) is 4.56. The number of rotatable bonds is 4. The zero-order chi connectivity index (χ0) is 20.0. The van der Waals surface area contributed by atoms with E-state index in [4.69, 9.17) is 0 Å². The van der Waals surface area contributed by atoms with Gasteiger partial charge in [0.25, 0.3) is 0 Å². The number of hydrogen-bond acceptors (Lipinski definition) is 6. The Labute approximate surface area is 168 Å². The largest absolute Gasteiger partial charge is 0.338 e. The molecule has 2 amide bonds. The van der Waals surface area contributed by atoms with Gasteiger partial charge in [0, 0.05) is 45.6 Å². The van der Waals surface area contributed by atoms with Crippen molar-refractivity contribution in [2.24, 2.45) is 11.8 Å². The Morgan fingerprint density at radius 1 is 0.966 bits per heavy atom. The van der Waals surface area contributed by atoms with Crippen LogP contribution in [0.3, 0.4) is 0 Å². The van der Waals surface area contributed by atoms with Gasteiger partial charge in [-0.1, -0.05) is 0 Å². The predicted octanol–water partition coefficient (Wildman–Crippen LogP) is -0.246. The molecule has 0 saturated carbocycles. The molecule has 0 bridgehead atoms. The molecule has 0 N–H and O–H groups in total. The maximum Gasteiger partial charge on any atom is 0.227 e. The molecule has 0 aromatic carbocycles. The second kappa shape index (κ2) is 7.23. The average molecular weight is 398 g/mol. The molecule has 0 spiro atoms. The van der Waals surface area contributed by atoms with Crippen LogP contribution in [-0.2, 0) is 35.5 Å². The maximum absolute atomic E-state index is 13.1. The summed E-state index contributed by atoms with van der Waals surface area (Å²) in [4.78, 5) is 29.9. The molecular formula is C19H26N8O2. The summed E-state index contributed by atoms with van der Waals surface area (Å²) in [6, 6.07) is 0.118. The number of carbonyl (C=O) groups excluding carboxylic acids is 2. The molecule has 2 unspecified atom stereocenters. The molecule has 1 fully saturated rings. The number of aryl methyl sites for hydroxylation is 2. The van der Waals surface area contributed by atoms with Gasteiger partial charge >= 0.3 is 0 Å². The average Bonchev–Trinajstić information content (AvgIpc) is 3.37. The zero-order valence-corrected chi connectivity index (χ0v) is 16.6. The molecule has 5 heterocycles. The minimum absolute atomic E-state index is 0.0178. The molecule has 29 heavy (non-hydrogen) atoms. The van der Waals surface area contributed by atoms with Gasteiger partial charge in [0.05, 0.1) is 17.9 Å². The quantitative estimate of drug-likeness (QED) is 0.704. The molecule has 2 aromatic heterocycles. The van der Waals surface area contributed by atoms with Gasteiger partial charge in [-0.25, -0.2) is 0 Å². The van der Waals surface area contributed by atoms with Crippen molar-refractivity contribution in [1.82, 2.24) is 39.3 Å². The molecule has 1 saturated heterocycles. The molecule has 2 aromatic rings. The Morgan fingerprint density at radius 3 is 2.17 bits per heavy atom. The van der Waals surface area contributed by atoms with Crippen molar-refractivity contribution < 1.29 is 9.59 Å². The summed E-state index contributed by atoms with van der Waals surface area (Å²) >= 11 is 0. The van der Waals surface area contributed by atoms with E-state index in [9.17, 15) is 9.59 Å². The van der Waals surface area contributed by atoms with Crippen LogP contribution in [0.1, 0.15) is 31.4 Å². The third-order valence-corrected chi connectivity index (χ3v) is 6.60. The molecule has 3 aliphatic heterocycles. The van der Waals surface area contributed by atoms with E-state index in [0.717, 1.165) is 37.3 Å². The lowest BCUT2D eigenvalue weighted by atomic mass is 9.93. The van der Waals surface area contributed by atoms with E-state index in [1.807, 2.05) is 25.9 Å². The molecule has 10 heteroatoms. The summed E-state index contributed by atoms with van der Waals surface area (Å²) in [5.74, 6) is 2.25. The summed E-state index contributed by atoms with van der Waals surface area (Å²) in [6.45, 7) is 5.26. The van der Waals surface area contributed by atoms with Gasteiger partial charge in [-0.3, -0.25) is 9.59 Å². The Balaban J connectivity index is 1.17. The first-order chi connectivity index (χ1) is 14.1. The van der Waals surface area contributed by atoms with Crippen LogP contribution < -0.4 is 0 Å². The lowest BCUT2D eigenvalue weighted by molar-refractivity contribution is -0.152. The summed E-state index contributed by atoms with van der Waals surface area (Å²) in [6.07, 6.45) is 6.62. The third kappa shape index (κ3) is 3.20. The Morgan fingerprint density at radius 2 is 1.55 bits per heavy atom. The summed E-state index contributed by atoms with van der Waals surface area (Å²) in [5, 5.41) is 16.1. The van der Waals surface area contributed by atoms with E-state index in [-0.39, 0.29) is 29.7 Å². The number of likely N-dealkylation sites (N-methyl/N-ethyl adjacent to an activating group) is 1. The van der Waals surface area contributed by atoms with Crippen LogP contribution in [0.4, 0.5) is 0 Å². The van der Waals surface area contributed by atoms with Crippen molar-refractivity contribution in [3.63, 3.8) is 0 Å². The zero-order valence-electron chi connectivity index (χ0n) is 16.6. The van der Waals surface area contributed by atoms with Crippen molar-refractivity contribution in [2.45, 2.75) is 51.7 Å². The smallest absolute Gasteiger partial charge is 0.227 e. The number of hydrogen-bond donors (Lipinski definition) is 0. The number of amides is 2. The third-order valence-electron chi connectivity index (χ3n) is 6.60. The Hall–Kier alpha value is -2.78. The maximum atomic E-state index is 13.1.